The smallest absolute Gasteiger partial charge is 0.258 e. The first-order valence-corrected chi connectivity index (χ1v) is 10.6. The number of hydrogen-bond donors (Lipinski definition) is 1. The molecular formula is C22H28N2O4S. The summed E-state index contributed by atoms with van der Waals surface area (Å²) in [6, 6.07) is 9.95. The van der Waals surface area contributed by atoms with E-state index in [1.165, 1.54) is 4.88 Å². The minimum atomic E-state index is -0.153. The molecule has 2 heterocycles. The number of ether oxygens (including phenoxy) is 3. The molecule has 0 radical (unpaired) electrons. The molecule has 2 aromatic rings. The Morgan fingerprint density at radius 1 is 1.31 bits per heavy atom. The molecule has 1 fully saturated rings. The predicted molar refractivity (Wildman–Crippen MR) is 116 cm³/mol. The second kappa shape index (κ2) is 11.0. The summed E-state index contributed by atoms with van der Waals surface area (Å²) in [4.78, 5) is 16.0. The summed E-state index contributed by atoms with van der Waals surface area (Å²) < 4.78 is 16.5. The van der Waals surface area contributed by atoms with Crippen LogP contribution in [0.5, 0.6) is 11.5 Å². The highest BCUT2D eigenvalue weighted by molar-refractivity contribution is 7.10. The molecule has 1 aliphatic rings. The highest BCUT2D eigenvalue weighted by Crippen LogP contribution is 2.29. The molecule has 7 heteroatoms. The summed E-state index contributed by atoms with van der Waals surface area (Å²) in [6.45, 7) is 5.63. The SMILES string of the molecule is CC=Cc1ccc(OCC(=O)NCC(c2cccs2)N2CCOCC2)c(OC)c1. The topological polar surface area (TPSA) is 60.0 Å². The zero-order valence-corrected chi connectivity index (χ0v) is 17.7. The number of rotatable bonds is 9. The molecule has 1 atom stereocenters. The van der Waals surface area contributed by atoms with Gasteiger partial charge >= 0.3 is 0 Å². The first-order valence-electron chi connectivity index (χ1n) is 9.76. The van der Waals surface area contributed by atoms with Crippen molar-refractivity contribution in [2.75, 3.05) is 46.6 Å². The lowest BCUT2D eigenvalue weighted by molar-refractivity contribution is -0.123. The Morgan fingerprint density at radius 3 is 2.83 bits per heavy atom. The van der Waals surface area contributed by atoms with Crippen molar-refractivity contribution in [2.24, 2.45) is 0 Å². The fourth-order valence-corrected chi connectivity index (χ4v) is 4.14. The van der Waals surface area contributed by atoms with Crippen molar-refractivity contribution in [1.29, 1.82) is 0 Å². The summed E-state index contributed by atoms with van der Waals surface area (Å²) in [5.74, 6) is 1.01. The molecule has 1 saturated heterocycles. The molecule has 1 aliphatic heterocycles. The van der Waals surface area contributed by atoms with E-state index < -0.39 is 0 Å². The summed E-state index contributed by atoms with van der Waals surface area (Å²) >= 11 is 1.71. The molecule has 3 rings (SSSR count). The number of carbonyl (C=O) groups is 1. The van der Waals surface area contributed by atoms with Crippen LogP contribution in [0.4, 0.5) is 0 Å². The van der Waals surface area contributed by atoms with Gasteiger partial charge in [0.2, 0.25) is 0 Å². The van der Waals surface area contributed by atoms with E-state index in [4.69, 9.17) is 14.2 Å². The maximum Gasteiger partial charge on any atom is 0.258 e. The van der Waals surface area contributed by atoms with E-state index >= 15 is 0 Å². The molecule has 156 valence electrons. The Morgan fingerprint density at radius 2 is 2.14 bits per heavy atom. The van der Waals surface area contributed by atoms with Crippen LogP contribution in [-0.4, -0.2) is 57.4 Å². The first-order chi connectivity index (χ1) is 14.2. The van der Waals surface area contributed by atoms with E-state index in [9.17, 15) is 4.79 Å². The Kier molecular flexibility index (Phi) is 8.10. The Bertz CT molecular complexity index is 801. The molecule has 1 N–H and O–H groups in total. The van der Waals surface area contributed by atoms with Crippen molar-refractivity contribution in [3.05, 3.63) is 52.2 Å². The number of thiophene rings is 1. The van der Waals surface area contributed by atoms with Gasteiger partial charge in [0, 0.05) is 24.5 Å². The number of nitrogens with zero attached hydrogens (tertiary/aromatic N) is 1. The molecule has 6 nitrogen and oxygen atoms in total. The number of allylic oxidation sites excluding steroid dienone is 1. The third-order valence-electron chi connectivity index (χ3n) is 4.76. The lowest BCUT2D eigenvalue weighted by atomic mass is 10.2. The van der Waals surface area contributed by atoms with Crippen molar-refractivity contribution in [2.45, 2.75) is 13.0 Å². The van der Waals surface area contributed by atoms with Crippen molar-refractivity contribution < 1.29 is 19.0 Å². The van der Waals surface area contributed by atoms with E-state index in [-0.39, 0.29) is 18.6 Å². The second-order valence-electron chi connectivity index (χ2n) is 6.68. The predicted octanol–water partition coefficient (Wildman–Crippen LogP) is 3.36. The summed E-state index contributed by atoms with van der Waals surface area (Å²) in [5.41, 5.74) is 1.02. The standard InChI is InChI=1S/C22H28N2O4S/c1-3-5-17-7-8-19(20(14-17)26-2)28-16-22(25)23-15-18(21-6-4-13-29-21)24-9-11-27-12-10-24/h3-8,13-14,18H,9-12,15-16H2,1-2H3,(H,23,25). The Hall–Kier alpha value is -2.35. The number of carbonyl (C=O) groups excluding carboxylic acids is 1. The van der Waals surface area contributed by atoms with Crippen molar-refractivity contribution in [3.8, 4) is 11.5 Å². The number of nitrogens with one attached hydrogen (secondary N) is 1. The van der Waals surface area contributed by atoms with Gasteiger partial charge in [0.15, 0.2) is 18.1 Å². The first kappa shape index (κ1) is 21.4. The number of hydrogen-bond acceptors (Lipinski definition) is 6. The zero-order chi connectivity index (χ0) is 20.5. The zero-order valence-electron chi connectivity index (χ0n) is 16.9. The van der Waals surface area contributed by atoms with Crippen LogP contribution in [0, 0.1) is 0 Å². The minimum absolute atomic E-state index is 0.0560. The molecular weight excluding hydrogens is 388 g/mol. The lowest BCUT2D eigenvalue weighted by Gasteiger charge is -2.34. The van der Waals surface area contributed by atoms with Gasteiger partial charge < -0.3 is 19.5 Å². The molecule has 0 aliphatic carbocycles. The molecule has 1 unspecified atom stereocenters. The fraction of sp³-hybridized carbons (Fsp3) is 0.409. The van der Waals surface area contributed by atoms with Gasteiger partial charge in [-0.25, -0.2) is 0 Å². The van der Waals surface area contributed by atoms with Gasteiger partial charge in [-0.15, -0.1) is 11.3 Å². The molecule has 1 amide bonds. The van der Waals surface area contributed by atoms with Crippen LogP contribution in [0.2, 0.25) is 0 Å². The van der Waals surface area contributed by atoms with Crippen LogP contribution < -0.4 is 14.8 Å². The number of benzene rings is 1. The molecule has 0 spiro atoms. The summed E-state index contributed by atoms with van der Waals surface area (Å²) in [6.07, 6.45) is 3.94. The van der Waals surface area contributed by atoms with Gasteiger partial charge in [-0.2, -0.15) is 0 Å². The summed E-state index contributed by atoms with van der Waals surface area (Å²) in [7, 11) is 1.59. The van der Waals surface area contributed by atoms with Crippen LogP contribution in [0.25, 0.3) is 6.08 Å². The molecule has 1 aromatic heterocycles. The van der Waals surface area contributed by atoms with Gasteiger partial charge in [0.1, 0.15) is 0 Å². The average Bonchev–Trinajstić information content (AvgIpc) is 3.28. The van der Waals surface area contributed by atoms with Gasteiger partial charge in [0.05, 0.1) is 26.4 Å². The van der Waals surface area contributed by atoms with Gasteiger partial charge in [0.25, 0.3) is 5.91 Å². The van der Waals surface area contributed by atoms with E-state index in [1.807, 2.05) is 43.3 Å². The average molecular weight is 417 g/mol. The van der Waals surface area contributed by atoms with Gasteiger partial charge in [-0.3, -0.25) is 9.69 Å². The number of morpholine rings is 1. The minimum Gasteiger partial charge on any atom is -0.493 e. The number of amides is 1. The summed E-state index contributed by atoms with van der Waals surface area (Å²) in [5, 5.41) is 5.08. The van der Waals surface area contributed by atoms with Crippen LogP contribution >= 0.6 is 11.3 Å². The van der Waals surface area contributed by atoms with Crippen molar-refractivity contribution in [1.82, 2.24) is 10.2 Å². The molecule has 0 saturated carbocycles. The van der Waals surface area contributed by atoms with E-state index in [0.717, 1.165) is 31.9 Å². The van der Waals surface area contributed by atoms with E-state index in [1.54, 1.807) is 18.4 Å². The van der Waals surface area contributed by atoms with Crippen LogP contribution in [0.15, 0.2) is 41.8 Å². The molecule has 29 heavy (non-hydrogen) atoms. The van der Waals surface area contributed by atoms with E-state index in [2.05, 4.69) is 21.7 Å². The normalized spacial score (nSPS) is 15.9. The molecule has 0 bridgehead atoms. The largest absolute Gasteiger partial charge is 0.493 e. The van der Waals surface area contributed by atoms with Crippen LogP contribution in [0.1, 0.15) is 23.4 Å². The third-order valence-corrected chi connectivity index (χ3v) is 5.73. The van der Waals surface area contributed by atoms with Gasteiger partial charge in [-0.1, -0.05) is 24.3 Å². The highest BCUT2D eigenvalue weighted by atomic mass is 32.1. The lowest BCUT2D eigenvalue weighted by Crippen LogP contribution is -2.44. The monoisotopic (exact) mass is 416 g/mol. The maximum atomic E-state index is 12.4. The quantitative estimate of drug-likeness (QED) is 0.679. The van der Waals surface area contributed by atoms with Gasteiger partial charge in [-0.05, 0) is 36.1 Å². The highest BCUT2D eigenvalue weighted by Gasteiger charge is 2.24. The van der Waals surface area contributed by atoms with Crippen molar-refractivity contribution in [3.63, 3.8) is 0 Å². The van der Waals surface area contributed by atoms with Crippen molar-refractivity contribution >= 4 is 23.3 Å². The maximum absolute atomic E-state index is 12.4. The Balaban J connectivity index is 1.55. The van der Waals surface area contributed by atoms with E-state index in [0.29, 0.717) is 18.0 Å². The van der Waals surface area contributed by atoms with Crippen LogP contribution in [0.3, 0.4) is 0 Å². The third kappa shape index (κ3) is 6.06. The van der Waals surface area contributed by atoms with Crippen LogP contribution in [-0.2, 0) is 9.53 Å². The fourth-order valence-electron chi connectivity index (χ4n) is 3.28. The molecule has 1 aromatic carbocycles. The number of methoxy groups -OCH3 is 1. The Labute approximate surface area is 176 Å². The second-order valence-corrected chi connectivity index (χ2v) is 7.66.